The monoisotopic (exact) mass is 752 g/mol. The largest absolute Gasteiger partial charge is 0.508 e. The van der Waals surface area contributed by atoms with E-state index in [2.05, 4.69) is 0 Å². The van der Waals surface area contributed by atoms with Crippen LogP contribution in [0.4, 0.5) is 5.82 Å². The predicted octanol–water partition coefficient (Wildman–Crippen LogP) is 6.60. The zero-order valence-corrected chi connectivity index (χ0v) is 30.4. The van der Waals surface area contributed by atoms with E-state index in [9.17, 15) is 19.5 Å². The first-order valence-electron chi connectivity index (χ1n) is 16.7. The number of allylic oxidation sites excluding steroid dienone is 2. The minimum absolute atomic E-state index is 0.0506. The van der Waals surface area contributed by atoms with Crippen molar-refractivity contribution in [3.8, 4) is 22.0 Å². The van der Waals surface area contributed by atoms with Crippen LogP contribution in [-0.2, 0) is 23.2 Å². The van der Waals surface area contributed by atoms with Crippen molar-refractivity contribution in [3.63, 3.8) is 0 Å². The molecule has 9 rings (SSSR count). The minimum atomic E-state index is -1.40. The van der Waals surface area contributed by atoms with E-state index in [0.29, 0.717) is 38.4 Å². The number of aryl methyl sites for hydroxylation is 2. The number of carbonyl (C=O) groups excluding carboxylic acids is 2. The van der Waals surface area contributed by atoms with Crippen molar-refractivity contribution in [1.29, 1.82) is 0 Å². The molecule has 6 aromatic rings. The molecule has 4 atom stereocenters. The van der Waals surface area contributed by atoms with E-state index in [1.807, 2.05) is 31.2 Å². The van der Waals surface area contributed by atoms with Crippen molar-refractivity contribution in [2.24, 2.45) is 18.4 Å². The molecule has 14 heteroatoms. The average Bonchev–Trinajstić information content (AvgIpc) is 3.80. The Morgan fingerprint density at radius 1 is 0.942 bits per heavy atom. The van der Waals surface area contributed by atoms with E-state index in [4.69, 9.17) is 28.3 Å². The van der Waals surface area contributed by atoms with Gasteiger partial charge in [-0.15, -0.1) is 11.3 Å². The number of para-hydroxylation sites is 1. The second-order valence-electron chi connectivity index (χ2n) is 13.8. The summed E-state index contributed by atoms with van der Waals surface area (Å²) in [7, 11) is 1.69. The molecule has 2 fully saturated rings. The molecule has 1 saturated carbocycles. The number of anilines is 1. The van der Waals surface area contributed by atoms with E-state index in [1.165, 1.54) is 25.0 Å². The molecule has 2 aliphatic heterocycles. The first kappa shape index (κ1) is 32.7. The number of imide groups is 1. The van der Waals surface area contributed by atoms with Crippen LogP contribution in [0.3, 0.4) is 0 Å². The molecule has 5 heterocycles. The Morgan fingerprint density at radius 3 is 2.44 bits per heavy atom. The first-order valence-corrected chi connectivity index (χ1v) is 18.3. The Bertz CT molecular complexity index is 2690. The molecule has 3 aromatic carbocycles. The van der Waals surface area contributed by atoms with Crippen LogP contribution in [0.2, 0.25) is 10.0 Å². The fourth-order valence-electron chi connectivity index (χ4n) is 8.61. The molecule has 52 heavy (non-hydrogen) atoms. The maximum Gasteiger partial charge on any atom is 0.352 e. The first-order chi connectivity index (χ1) is 24.9. The van der Waals surface area contributed by atoms with Gasteiger partial charge in [0.2, 0.25) is 11.8 Å². The second-order valence-corrected chi connectivity index (χ2v) is 15.7. The van der Waals surface area contributed by atoms with E-state index in [1.54, 1.807) is 73.8 Å². The second kappa shape index (κ2) is 11.4. The Kier molecular flexibility index (Phi) is 7.18. The van der Waals surface area contributed by atoms with E-state index in [-0.39, 0.29) is 18.7 Å². The minimum Gasteiger partial charge on any atom is -0.508 e. The van der Waals surface area contributed by atoms with Gasteiger partial charge < -0.3 is 5.11 Å². The number of amides is 2. The normalized spacial score (nSPS) is 22.4. The highest BCUT2D eigenvalue weighted by Crippen LogP contribution is 2.62. The molecular weight excluding hydrogens is 723 g/mol. The number of halogens is 2. The number of aromatic nitrogens is 5. The van der Waals surface area contributed by atoms with Gasteiger partial charge in [0.15, 0.2) is 0 Å². The zero-order valence-electron chi connectivity index (χ0n) is 28.1. The molecule has 1 aliphatic carbocycles. The SMILES string of the molecule is Cc1c(-c2cc(N3C(=O)C4CC5C(=CCn6c(=O)n(-c7ccccc7)c(=O)n65)C(c5cc(Cl)ccc5O)C4(C)C3=O)n(C)n2)sc2ccc(Cl)cc12. The molecule has 0 radical (unpaired) electrons. The number of hydrogen-bond donors (Lipinski definition) is 1. The summed E-state index contributed by atoms with van der Waals surface area (Å²) in [5.41, 5.74) is 0.537. The van der Waals surface area contributed by atoms with Crippen LogP contribution in [0.15, 0.2) is 94.0 Å². The van der Waals surface area contributed by atoms with E-state index in [0.717, 1.165) is 25.1 Å². The van der Waals surface area contributed by atoms with E-state index >= 15 is 4.79 Å². The van der Waals surface area contributed by atoms with Crippen LogP contribution in [0.1, 0.15) is 36.4 Å². The van der Waals surface area contributed by atoms with Crippen molar-refractivity contribution in [2.45, 2.75) is 38.8 Å². The van der Waals surface area contributed by atoms with Gasteiger partial charge in [-0.3, -0.25) is 14.3 Å². The quantitative estimate of drug-likeness (QED) is 0.160. The van der Waals surface area contributed by atoms with Gasteiger partial charge in [-0.05, 0) is 85.3 Å². The molecule has 2 amide bonds. The molecule has 262 valence electrons. The highest BCUT2D eigenvalue weighted by atomic mass is 35.5. The summed E-state index contributed by atoms with van der Waals surface area (Å²) < 4.78 is 6.45. The lowest BCUT2D eigenvalue weighted by molar-refractivity contribution is -0.129. The van der Waals surface area contributed by atoms with Crippen molar-refractivity contribution in [2.75, 3.05) is 4.90 Å². The predicted molar refractivity (Wildman–Crippen MR) is 200 cm³/mol. The summed E-state index contributed by atoms with van der Waals surface area (Å²) in [6.45, 7) is 3.79. The Morgan fingerprint density at radius 2 is 1.67 bits per heavy atom. The van der Waals surface area contributed by atoms with Crippen molar-refractivity contribution >= 4 is 62.3 Å². The number of phenolic OH excluding ortho intramolecular Hbond substituents is 1. The van der Waals surface area contributed by atoms with Gasteiger partial charge in [-0.25, -0.2) is 28.4 Å². The lowest BCUT2D eigenvalue weighted by atomic mass is 9.56. The third kappa shape index (κ3) is 4.40. The summed E-state index contributed by atoms with van der Waals surface area (Å²) in [5, 5.41) is 18.0. The Labute approximate surface area is 310 Å². The number of thiophene rings is 1. The van der Waals surface area contributed by atoms with Crippen molar-refractivity contribution in [1.82, 2.24) is 23.7 Å². The molecule has 11 nitrogen and oxygen atoms in total. The number of nitrogens with zero attached hydrogens (tertiary/aromatic N) is 6. The highest BCUT2D eigenvalue weighted by Gasteiger charge is 2.66. The average molecular weight is 754 g/mol. The third-order valence-electron chi connectivity index (χ3n) is 11.1. The Balaban J connectivity index is 1.20. The van der Waals surface area contributed by atoms with Crippen LogP contribution in [0, 0.1) is 18.3 Å². The fraction of sp³-hybridized carbons (Fsp3) is 0.237. The molecule has 4 unspecified atom stereocenters. The number of benzene rings is 3. The van der Waals surface area contributed by atoms with Gasteiger partial charge in [0.05, 0.1) is 34.5 Å². The number of carbonyl (C=O) groups is 2. The summed E-state index contributed by atoms with van der Waals surface area (Å²) in [5.74, 6) is -2.53. The number of hydrogen-bond acceptors (Lipinski definition) is 7. The summed E-state index contributed by atoms with van der Waals surface area (Å²) in [4.78, 5) is 59.8. The standard InChI is InChI=1S/C38H30Cl2N6O5S/c1-19-24-15-21(40)10-12-30(24)52-33(19)27-18-31(42(3)41-27)45-34(48)26-17-28-23(32(38(26,2)35(45)49)25-16-20(39)9-11-29(25)47)13-14-43-36(50)44(37(51)46(28)43)22-7-5-4-6-8-22/h4-13,15-16,18,26,28,32,47H,14,17H2,1-3H3. The van der Waals surface area contributed by atoms with Crippen LogP contribution >= 0.6 is 34.5 Å². The maximum atomic E-state index is 15.0. The number of fused-ring (bicyclic) bond motifs is 5. The lowest BCUT2D eigenvalue weighted by Gasteiger charge is -2.47. The van der Waals surface area contributed by atoms with Gasteiger partial charge >= 0.3 is 11.4 Å². The summed E-state index contributed by atoms with van der Waals surface area (Å²) in [6.07, 6.45) is 1.91. The van der Waals surface area contributed by atoms with Gasteiger partial charge in [0.1, 0.15) is 17.3 Å². The summed E-state index contributed by atoms with van der Waals surface area (Å²) in [6, 6.07) is 19.9. The highest BCUT2D eigenvalue weighted by molar-refractivity contribution is 7.22. The van der Waals surface area contributed by atoms with Crippen molar-refractivity contribution < 1.29 is 14.7 Å². The molecule has 0 spiro atoms. The molecule has 1 saturated heterocycles. The van der Waals surface area contributed by atoms with Gasteiger partial charge in [0.25, 0.3) is 0 Å². The number of aromatic hydroxyl groups is 1. The topological polar surface area (TPSA) is 124 Å². The van der Waals surface area contributed by atoms with Gasteiger partial charge in [0, 0.05) is 39.3 Å². The molecule has 1 N–H and O–H groups in total. The zero-order chi connectivity index (χ0) is 36.4. The molecular formula is C38H30Cl2N6O5S. The third-order valence-corrected chi connectivity index (χ3v) is 12.8. The lowest BCUT2D eigenvalue weighted by Crippen LogP contribution is -2.49. The fourth-order valence-corrected chi connectivity index (χ4v) is 10.1. The Hall–Kier alpha value is -5.17. The van der Waals surface area contributed by atoms with Gasteiger partial charge in [-0.2, -0.15) is 5.10 Å². The van der Waals surface area contributed by atoms with Crippen LogP contribution in [-0.4, -0.2) is 40.6 Å². The van der Waals surface area contributed by atoms with Crippen LogP contribution in [0.25, 0.3) is 26.3 Å². The summed E-state index contributed by atoms with van der Waals surface area (Å²) >= 11 is 14.4. The molecule has 0 bridgehead atoms. The van der Waals surface area contributed by atoms with Crippen LogP contribution < -0.4 is 16.3 Å². The maximum absolute atomic E-state index is 15.0. The molecule has 3 aliphatic rings. The van der Waals surface area contributed by atoms with E-state index < -0.39 is 46.5 Å². The van der Waals surface area contributed by atoms with Crippen molar-refractivity contribution in [3.05, 3.63) is 127 Å². The number of phenols is 1. The molecule has 3 aromatic heterocycles. The smallest absolute Gasteiger partial charge is 0.352 e. The van der Waals surface area contributed by atoms with Gasteiger partial charge in [-0.1, -0.05) is 47.5 Å². The van der Waals surface area contributed by atoms with Crippen LogP contribution in [0.5, 0.6) is 5.75 Å². The number of rotatable bonds is 4.